The van der Waals surface area contributed by atoms with Crippen molar-refractivity contribution in [3.05, 3.63) is 53.5 Å². The molecule has 4 rings (SSSR count). The molecule has 0 aliphatic heterocycles. The van der Waals surface area contributed by atoms with E-state index in [9.17, 15) is 4.79 Å². The molecule has 0 unspecified atom stereocenters. The summed E-state index contributed by atoms with van der Waals surface area (Å²) >= 11 is 0. The molecule has 0 spiro atoms. The fourth-order valence-corrected chi connectivity index (χ4v) is 3.94. The first-order valence-electron chi connectivity index (χ1n) is 11.3. The van der Waals surface area contributed by atoms with Crippen molar-refractivity contribution >= 4 is 6.09 Å². The van der Waals surface area contributed by atoms with Gasteiger partial charge < -0.3 is 14.4 Å². The van der Waals surface area contributed by atoms with Crippen LogP contribution in [0, 0.1) is 6.92 Å². The molecule has 2 heterocycles. The van der Waals surface area contributed by atoms with Gasteiger partial charge in [0.05, 0.1) is 6.20 Å². The SMILES string of the molecule is Cc1nc(-c2nnn(C)c2COC(=O)N(C)Cc2ccccc2)cnc1OC1CCCCC1. The van der Waals surface area contributed by atoms with E-state index in [1.807, 2.05) is 37.3 Å². The molecule has 9 nitrogen and oxygen atoms in total. The van der Waals surface area contributed by atoms with Crippen molar-refractivity contribution in [1.82, 2.24) is 29.9 Å². The smallest absolute Gasteiger partial charge is 0.410 e. The number of carbonyl (C=O) groups excluding carboxylic acids is 1. The standard InChI is InChI=1S/C24H30N6O3/c1-17-23(33-19-12-8-5-9-13-19)25-14-20(26-17)22-21(30(3)28-27-22)16-32-24(31)29(2)15-18-10-6-4-7-11-18/h4,6-7,10-11,14,19H,5,8-9,12-13,15-16H2,1-3H3. The van der Waals surface area contributed by atoms with Crippen LogP contribution in [-0.4, -0.2) is 49.1 Å². The Labute approximate surface area is 193 Å². The van der Waals surface area contributed by atoms with Crippen molar-refractivity contribution < 1.29 is 14.3 Å². The Morgan fingerprint density at radius 1 is 1.18 bits per heavy atom. The van der Waals surface area contributed by atoms with Crippen LogP contribution < -0.4 is 4.74 Å². The number of aryl methyl sites for hydroxylation is 2. The molecule has 0 bridgehead atoms. The molecular formula is C24H30N6O3. The molecule has 3 aromatic rings. The van der Waals surface area contributed by atoms with Gasteiger partial charge in [-0.2, -0.15) is 0 Å². The maximum absolute atomic E-state index is 12.5. The minimum absolute atomic E-state index is 0.0256. The van der Waals surface area contributed by atoms with Crippen LogP contribution in [0.2, 0.25) is 0 Å². The fourth-order valence-electron chi connectivity index (χ4n) is 3.94. The Morgan fingerprint density at radius 2 is 1.94 bits per heavy atom. The molecule has 1 saturated carbocycles. The van der Waals surface area contributed by atoms with E-state index in [-0.39, 0.29) is 12.7 Å². The summed E-state index contributed by atoms with van der Waals surface area (Å²) < 4.78 is 13.2. The highest BCUT2D eigenvalue weighted by atomic mass is 16.6. The minimum Gasteiger partial charge on any atom is -0.473 e. The van der Waals surface area contributed by atoms with E-state index in [4.69, 9.17) is 9.47 Å². The molecular weight excluding hydrogens is 420 g/mol. The third-order valence-corrected chi connectivity index (χ3v) is 5.82. The largest absolute Gasteiger partial charge is 0.473 e. The van der Waals surface area contributed by atoms with Gasteiger partial charge in [0.2, 0.25) is 5.88 Å². The number of ether oxygens (including phenoxy) is 2. The molecule has 1 aliphatic rings. The second kappa shape index (κ2) is 10.4. The summed E-state index contributed by atoms with van der Waals surface area (Å²) in [4.78, 5) is 23.2. The zero-order valence-electron chi connectivity index (χ0n) is 19.4. The van der Waals surface area contributed by atoms with E-state index < -0.39 is 6.09 Å². The van der Waals surface area contributed by atoms with Crippen LogP contribution >= 0.6 is 0 Å². The summed E-state index contributed by atoms with van der Waals surface area (Å²) in [6, 6.07) is 9.76. The average Bonchev–Trinajstić information content (AvgIpc) is 3.20. The Hall–Kier alpha value is -3.49. The Kier molecular flexibility index (Phi) is 7.16. The number of aromatic nitrogens is 5. The van der Waals surface area contributed by atoms with Crippen molar-refractivity contribution in [3.63, 3.8) is 0 Å². The number of amides is 1. The number of carbonyl (C=O) groups is 1. The van der Waals surface area contributed by atoms with Gasteiger partial charge in [-0.25, -0.2) is 19.4 Å². The highest BCUT2D eigenvalue weighted by molar-refractivity contribution is 5.67. The molecule has 0 saturated heterocycles. The first kappa shape index (κ1) is 22.7. The number of nitrogens with zero attached hydrogens (tertiary/aromatic N) is 6. The summed E-state index contributed by atoms with van der Waals surface area (Å²) in [6.07, 6.45) is 7.19. The molecule has 0 atom stereocenters. The Bertz CT molecular complexity index is 1080. The number of hydrogen-bond acceptors (Lipinski definition) is 7. The topological polar surface area (TPSA) is 95.3 Å². The third-order valence-electron chi connectivity index (χ3n) is 5.82. The van der Waals surface area contributed by atoms with Crippen LogP contribution in [0.25, 0.3) is 11.4 Å². The summed E-state index contributed by atoms with van der Waals surface area (Å²) in [6.45, 7) is 2.37. The van der Waals surface area contributed by atoms with E-state index in [0.29, 0.717) is 35.2 Å². The van der Waals surface area contributed by atoms with Crippen molar-refractivity contribution in [2.45, 2.75) is 58.3 Å². The van der Waals surface area contributed by atoms with Gasteiger partial charge >= 0.3 is 6.09 Å². The van der Waals surface area contributed by atoms with E-state index in [2.05, 4.69) is 20.3 Å². The lowest BCUT2D eigenvalue weighted by Gasteiger charge is -2.22. The molecule has 1 aromatic carbocycles. The van der Waals surface area contributed by atoms with Gasteiger partial charge in [-0.15, -0.1) is 5.10 Å². The normalized spacial score (nSPS) is 14.2. The van der Waals surface area contributed by atoms with Crippen molar-refractivity contribution in [2.75, 3.05) is 7.05 Å². The van der Waals surface area contributed by atoms with E-state index in [1.165, 1.54) is 24.2 Å². The van der Waals surface area contributed by atoms with Gasteiger partial charge in [0, 0.05) is 20.6 Å². The lowest BCUT2D eigenvalue weighted by Crippen LogP contribution is -2.27. The van der Waals surface area contributed by atoms with Crippen LogP contribution in [0.1, 0.15) is 49.1 Å². The van der Waals surface area contributed by atoms with Gasteiger partial charge in [-0.1, -0.05) is 42.0 Å². The van der Waals surface area contributed by atoms with Crippen LogP contribution in [0.4, 0.5) is 4.79 Å². The van der Waals surface area contributed by atoms with Gasteiger partial charge in [0.15, 0.2) is 0 Å². The second-order valence-corrected chi connectivity index (χ2v) is 8.43. The van der Waals surface area contributed by atoms with Crippen LogP contribution in [0.3, 0.4) is 0 Å². The second-order valence-electron chi connectivity index (χ2n) is 8.43. The van der Waals surface area contributed by atoms with Gasteiger partial charge in [-0.3, -0.25) is 0 Å². The van der Waals surface area contributed by atoms with Crippen molar-refractivity contribution in [2.24, 2.45) is 7.05 Å². The fraction of sp³-hybridized carbons (Fsp3) is 0.458. The van der Waals surface area contributed by atoms with E-state index in [0.717, 1.165) is 18.4 Å². The quantitative estimate of drug-likeness (QED) is 0.536. The van der Waals surface area contributed by atoms with E-state index >= 15 is 0 Å². The minimum atomic E-state index is -0.426. The molecule has 1 amide bonds. The molecule has 0 N–H and O–H groups in total. The van der Waals surface area contributed by atoms with Crippen molar-refractivity contribution in [1.29, 1.82) is 0 Å². The average molecular weight is 451 g/mol. The number of rotatable bonds is 7. The predicted molar refractivity (Wildman–Crippen MR) is 122 cm³/mol. The van der Waals surface area contributed by atoms with Gasteiger partial charge in [0.1, 0.15) is 35.5 Å². The molecule has 9 heteroatoms. The zero-order valence-corrected chi connectivity index (χ0v) is 19.4. The molecule has 2 aromatic heterocycles. The Balaban J connectivity index is 1.42. The molecule has 33 heavy (non-hydrogen) atoms. The van der Waals surface area contributed by atoms with Crippen LogP contribution in [0.5, 0.6) is 5.88 Å². The lowest BCUT2D eigenvalue weighted by atomic mass is 9.98. The molecule has 1 aliphatic carbocycles. The first-order chi connectivity index (χ1) is 16.0. The first-order valence-corrected chi connectivity index (χ1v) is 11.3. The summed E-state index contributed by atoms with van der Waals surface area (Å²) in [5.74, 6) is 0.560. The number of benzene rings is 1. The Morgan fingerprint density at radius 3 is 2.67 bits per heavy atom. The maximum Gasteiger partial charge on any atom is 0.410 e. The monoisotopic (exact) mass is 450 g/mol. The summed E-state index contributed by atoms with van der Waals surface area (Å²) in [7, 11) is 3.46. The van der Waals surface area contributed by atoms with Gasteiger partial charge in [0.25, 0.3) is 0 Å². The lowest BCUT2D eigenvalue weighted by molar-refractivity contribution is 0.100. The van der Waals surface area contributed by atoms with Crippen molar-refractivity contribution in [3.8, 4) is 17.3 Å². The van der Waals surface area contributed by atoms with Crippen LogP contribution in [0.15, 0.2) is 36.5 Å². The third kappa shape index (κ3) is 5.66. The molecule has 174 valence electrons. The highest BCUT2D eigenvalue weighted by Gasteiger charge is 2.21. The van der Waals surface area contributed by atoms with E-state index in [1.54, 1.807) is 25.0 Å². The zero-order chi connectivity index (χ0) is 23.2. The molecule has 0 radical (unpaired) electrons. The summed E-state index contributed by atoms with van der Waals surface area (Å²) in [5, 5.41) is 8.32. The highest BCUT2D eigenvalue weighted by Crippen LogP contribution is 2.26. The van der Waals surface area contributed by atoms with Gasteiger partial charge in [-0.05, 0) is 38.2 Å². The summed E-state index contributed by atoms with van der Waals surface area (Å²) in [5.41, 5.74) is 3.48. The number of hydrogen-bond donors (Lipinski definition) is 0. The van der Waals surface area contributed by atoms with Crippen LogP contribution in [-0.2, 0) is 24.9 Å². The maximum atomic E-state index is 12.5. The predicted octanol–water partition coefficient (Wildman–Crippen LogP) is 4.06. The molecule has 1 fully saturated rings.